The summed E-state index contributed by atoms with van der Waals surface area (Å²) in [7, 11) is 2.07. The van der Waals surface area contributed by atoms with Gasteiger partial charge in [0, 0.05) is 48.9 Å². The van der Waals surface area contributed by atoms with Crippen molar-refractivity contribution in [3.05, 3.63) is 53.6 Å². The molecule has 184 valence electrons. The van der Waals surface area contributed by atoms with Crippen molar-refractivity contribution in [3.63, 3.8) is 0 Å². The van der Waals surface area contributed by atoms with Crippen molar-refractivity contribution in [1.29, 1.82) is 0 Å². The number of hydrogen-bond donors (Lipinski definition) is 2. The second kappa shape index (κ2) is 10.1. The van der Waals surface area contributed by atoms with E-state index >= 15 is 0 Å². The van der Waals surface area contributed by atoms with Crippen LogP contribution in [0.1, 0.15) is 57.1 Å². The lowest BCUT2D eigenvalue weighted by Gasteiger charge is -2.31. The highest BCUT2D eigenvalue weighted by atomic mass is 15.3. The van der Waals surface area contributed by atoms with Gasteiger partial charge in [-0.1, -0.05) is 24.1 Å². The standard InChI is InChI=1S/C29H38N6/c1-34-27(20-35-13-3-2-4-14-35)26(19-32-34)22-10-11-23-18-31-28(16-25(23)15-22)33-29(21-7-5-8-21)24-9-6-12-30-17-24/h10-11,15-16,18-19,24,30H,2-9,12-14,17,20H2,1H3,(H,31,33)/t24-/m1/s1. The van der Waals surface area contributed by atoms with Crippen LogP contribution in [0.25, 0.3) is 21.9 Å². The van der Waals surface area contributed by atoms with E-state index in [0.29, 0.717) is 5.92 Å². The summed E-state index contributed by atoms with van der Waals surface area (Å²) in [5, 5.41) is 14.4. The molecule has 6 rings (SSSR count). The zero-order valence-electron chi connectivity index (χ0n) is 21.0. The van der Waals surface area contributed by atoms with Crippen molar-refractivity contribution in [2.45, 2.75) is 57.9 Å². The van der Waals surface area contributed by atoms with Crippen LogP contribution in [0.3, 0.4) is 0 Å². The normalized spacial score (nSPS) is 21.2. The highest BCUT2D eigenvalue weighted by Gasteiger charge is 2.24. The van der Waals surface area contributed by atoms with E-state index in [4.69, 9.17) is 4.98 Å². The SMILES string of the molecule is Cn1ncc(-c2ccc3cnc(NC(=C4CCC4)[C@@H]4CCCNC4)cc3c2)c1CN1CCCCC1. The smallest absolute Gasteiger partial charge is 0.130 e. The van der Waals surface area contributed by atoms with E-state index in [1.165, 1.54) is 97.7 Å². The molecule has 0 radical (unpaired) electrons. The lowest BCUT2D eigenvalue weighted by Crippen LogP contribution is -2.33. The molecule has 3 aliphatic rings. The van der Waals surface area contributed by atoms with Gasteiger partial charge in [-0.25, -0.2) is 4.98 Å². The number of piperidine rings is 2. The molecule has 2 N–H and O–H groups in total. The average molecular weight is 471 g/mol. The molecule has 1 aliphatic carbocycles. The number of nitrogens with zero attached hydrogens (tertiary/aromatic N) is 4. The van der Waals surface area contributed by atoms with Gasteiger partial charge in [0.2, 0.25) is 0 Å². The van der Waals surface area contributed by atoms with Gasteiger partial charge in [0.05, 0.1) is 11.9 Å². The number of nitrogens with one attached hydrogen (secondary N) is 2. The molecule has 1 saturated carbocycles. The zero-order chi connectivity index (χ0) is 23.6. The molecule has 3 aromatic rings. The van der Waals surface area contributed by atoms with Crippen LogP contribution in [0, 0.1) is 5.92 Å². The summed E-state index contributed by atoms with van der Waals surface area (Å²) in [4.78, 5) is 7.37. The topological polar surface area (TPSA) is 58.0 Å². The van der Waals surface area contributed by atoms with Gasteiger partial charge >= 0.3 is 0 Å². The Morgan fingerprint density at radius 3 is 2.69 bits per heavy atom. The number of rotatable bonds is 6. The molecule has 2 saturated heterocycles. The largest absolute Gasteiger partial charge is 0.344 e. The second-order valence-corrected chi connectivity index (χ2v) is 10.6. The number of benzene rings is 1. The summed E-state index contributed by atoms with van der Waals surface area (Å²) in [6.07, 6.45) is 14.3. The molecule has 6 heteroatoms. The summed E-state index contributed by atoms with van der Waals surface area (Å²) in [5.41, 5.74) is 6.83. The minimum absolute atomic E-state index is 0.579. The predicted octanol–water partition coefficient (Wildman–Crippen LogP) is 5.47. The molecule has 35 heavy (non-hydrogen) atoms. The van der Waals surface area contributed by atoms with Crippen LogP contribution < -0.4 is 10.6 Å². The minimum atomic E-state index is 0.579. The summed E-state index contributed by atoms with van der Waals surface area (Å²) >= 11 is 0. The van der Waals surface area contributed by atoms with Gasteiger partial charge in [-0.15, -0.1) is 0 Å². The van der Waals surface area contributed by atoms with Crippen LogP contribution in [0.15, 0.2) is 47.9 Å². The Balaban J connectivity index is 1.28. The van der Waals surface area contributed by atoms with Crippen LogP contribution >= 0.6 is 0 Å². The van der Waals surface area contributed by atoms with Crippen LogP contribution in [-0.4, -0.2) is 45.8 Å². The van der Waals surface area contributed by atoms with Crippen molar-refractivity contribution in [2.75, 3.05) is 31.5 Å². The van der Waals surface area contributed by atoms with Gasteiger partial charge in [-0.3, -0.25) is 9.58 Å². The number of fused-ring (bicyclic) bond motifs is 1. The summed E-state index contributed by atoms with van der Waals surface area (Å²) in [6, 6.07) is 8.98. The number of pyridine rings is 1. The van der Waals surface area contributed by atoms with Crippen LogP contribution in [0.5, 0.6) is 0 Å². The third kappa shape index (κ3) is 4.87. The number of hydrogen-bond acceptors (Lipinski definition) is 5. The van der Waals surface area contributed by atoms with Crippen molar-refractivity contribution in [2.24, 2.45) is 13.0 Å². The predicted molar refractivity (Wildman–Crippen MR) is 143 cm³/mol. The van der Waals surface area contributed by atoms with Gasteiger partial charge < -0.3 is 10.6 Å². The first kappa shape index (κ1) is 22.7. The maximum atomic E-state index is 4.79. The number of anilines is 1. The van der Waals surface area contributed by atoms with Crippen LogP contribution in [0.4, 0.5) is 5.82 Å². The van der Waals surface area contributed by atoms with Crippen molar-refractivity contribution in [3.8, 4) is 11.1 Å². The molecule has 1 aromatic carbocycles. The molecule has 2 aliphatic heterocycles. The van der Waals surface area contributed by atoms with Crippen molar-refractivity contribution < 1.29 is 0 Å². The lowest BCUT2D eigenvalue weighted by molar-refractivity contribution is 0.216. The van der Waals surface area contributed by atoms with E-state index in [2.05, 4.69) is 56.6 Å². The lowest BCUT2D eigenvalue weighted by atomic mass is 9.84. The molecule has 4 heterocycles. The molecule has 2 aromatic heterocycles. The molecule has 0 unspecified atom stereocenters. The number of aromatic nitrogens is 3. The molecule has 6 nitrogen and oxygen atoms in total. The quantitative estimate of drug-likeness (QED) is 0.500. The Kier molecular flexibility index (Phi) is 6.57. The van der Waals surface area contributed by atoms with Gasteiger partial charge in [0.15, 0.2) is 0 Å². The molecule has 1 atom stereocenters. The minimum Gasteiger partial charge on any atom is -0.344 e. The van der Waals surface area contributed by atoms with Crippen LogP contribution in [0.2, 0.25) is 0 Å². The van der Waals surface area contributed by atoms with E-state index in [9.17, 15) is 0 Å². The average Bonchev–Trinajstić information content (AvgIpc) is 3.23. The monoisotopic (exact) mass is 470 g/mol. The highest BCUT2D eigenvalue weighted by Crippen LogP contribution is 2.35. The Morgan fingerprint density at radius 1 is 1.03 bits per heavy atom. The van der Waals surface area contributed by atoms with E-state index in [0.717, 1.165) is 25.5 Å². The number of likely N-dealkylation sites (tertiary alicyclic amines) is 1. The zero-order valence-corrected chi connectivity index (χ0v) is 21.0. The van der Waals surface area contributed by atoms with Gasteiger partial charge in [-0.05, 0) is 87.7 Å². The summed E-state index contributed by atoms with van der Waals surface area (Å²) < 4.78 is 2.06. The molecule has 3 fully saturated rings. The van der Waals surface area contributed by atoms with Gasteiger partial charge in [-0.2, -0.15) is 5.10 Å². The summed E-state index contributed by atoms with van der Waals surface area (Å²) in [5.74, 6) is 1.55. The molecule has 0 amide bonds. The first-order chi connectivity index (χ1) is 17.2. The maximum absolute atomic E-state index is 4.79. The van der Waals surface area contributed by atoms with Crippen molar-refractivity contribution >= 4 is 16.6 Å². The third-order valence-corrected chi connectivity index (χ3v) is 8.22. The first-order valence-electron chi connectivity index (χ1n) is 13.6. The van der Waals surface area contributed by atoms with E-state index in [1.807, 2.05) is 12.4 Å². The van der Waals surface area contributed by atoms with Crippen LogP contribution in [-0.2, 0) is 13.6 Å². The van der Waals surface area contributed by atoms with E-state index < -0.39 is 0 Å². The Labute approximate surface area is 208 Å². The van der Waals surface area contributed by atoms with E-state index in [-0.39, 0.29) is 0 Å². The number of aryl methyl sites for hydroxylation is 1. The summed E-state index contributed by atoms with van der Waals surface area (Å²) in [6.45, 7) is 5.57. The molecule has 0 spiro atoms. The maximum Gasteiger partial charge on any atom is 0.130 e. The Morgan fingerprint density at radius 2 is 1.91 bits per heavy atom. The fraction of sp³-hybridized carbons (Fsp3) is 0.517. The van der Waals surface area contributed by atoms with Gasteiger partial charge in [0.1, 0.15) is 5.82 Å². The Hall–Kier alpha value is -2.70. The molecule has 0 bridgehead atoms. The first-order valence-corrected chi connectivity index (χ1v) is 13.6. The number of allylic oxidation sites excluding steroid dienone is 1. The fourth-order valence-electron chi connectivity index (χ4n) is 5.94. The van der Waals surface area contributed by atoms with E-state index in [1.54, 1.807) is 5.57 Å². The highest BCUT2D eigenvalue weighted by molar-refractivity contribution is 5.88. The van der Waals surface area contributed by atoms with Crippen molar-refractivity contribution in [1.82, 2.24) is 25.0 Å². The van der Waals surface area contributed by atoms with Gasteiger partial charge in [0.25, 0.3) is 0 Å². The Bertz CT molecular complexity index is 1210. The second-order valence-electron chi connectivity index (χ2n) is 10.6. The molecular formula is C29H38N6. The molecular weight excluding hydrogens is 432 g/mol. The fourth-order valence-corrected chi connectivity index (χ4v) is 5.94. The third-order valence-electron chi connectivity index (χ3n) is 8.22.